The molecular formula is C18H28F2IN3O2. The van der Waals surface area contributed by atoms with E-state index in [4.69, 9.17) is 4.74 Å². The first-order chi connectivity index (χ1) is 12.1. The molecule has 0 amide bonds. The minimum Gasteiger partial charge on any atom is -0.434 e. The van der Waals surface area contributed by atoms with E-state index >= 15 is 0 Å². The monoisotopic (exact) mass is 483 g/mol. The minimum absolute atomic E-state index is 0. The Morgan fingerprint density at radius 3 is 2.58 bits per heavy atom. The van der Waals surface area contributed by atoms with E-state index in [1.54, 1.807) is 32.4 Å². The number of benzene rings is 1. The summed E-state index contributed by atoms with van der Waals surface area (Å²) in [4.78, 5) is 4.21. The molecule has 0 aromatic heterocycles. The predicted octanol–water partition coefficient (Wildman–Crippen LogP) is 3.78. The van der Waals surface area contributed by atoms with Gasteiger partial charge in [0, 0.05) is 39.4 Å². The number of aliphatic imine (C=N–C) groups is 1. The number of guanidine groups is 1. The Balaban J connectivity index is 0.00000338. The molecular weight excluding hydrogens is 455 g/mol. The number of halogens is 3. The Labute approximate surface area is 171 Å². The summed E-state index contributed by atoms with van der Waals surface area (Å²) in [5, 5.41) is 6.50. The number of rotatable bonds is 9. The molecule has 2 N–H and O–H groups in total. The first kappa shape index (κ1) is 22.9. The van der Waals surface area contributed by atoms with Gasteiger partial charge < -0.3 is 20.1 Å². The van der Waals surface area contributed by atoms with E-state index in [0.717, 1.165) is 19.6 Å². The minimum atomic E-state index is -2.84. The lowest BCUT2D eigenvalue weighted by Gasteiger charge is -2.42. The third-order valence-corrected chi connectivity index (χ3v) is 4.74. The Morgan fingerprint density at radius 2 is 2.00 bits per heavy atom. The van der Waals surface area contributed by atoms with Gasteiger partial charge in [0.2, 0.25) is 0 Å². The second-order valence-corrected chi connectivity index (χ2v) is 6.36. The number of para-hydroxylation sites is 1. The van der Waals surface area contributed by atoms with Gasteiger partial charge in [-0.15, -0.1) is 24.0 Å². The van der Waals surface area contributed by atoms with E-state index in [0.29, 0.717) is 18.1 Å². The Bertz CT molecular complexity index is 569. The second kappa shape index (κ2) is 11.5. The van der Waals surface area contributed by atoms with Gasteiger partial charge in [-0.2, -0.15) is 8.78 Å². The summed E-state index contributed by atoms with van der Waals surface area (Å²) in [6.45, 7) is -0.900. The van der Waals surface area contributed by atoms with E-state index in [2.05, 4.69) is 20.4 Å². The molecule has 0 unspecified atom stereocenters. The lowest BCUT2D eigenvalue weighted by atomic mass is 9.67. The summed E-state index contributed by atoms with van der Waals surface area (Å²) < 4.78 is 34.7. The lowest BCUT2D eigenvalue weighted by molar-refractivity contribution is -0.0504. The third kappa shape index (κ3) is 6.86. The topological polar surface area (TPSA) is 54.9 Å². The van der Waals surface area contributed by atoms with Gasteiger partial charge in [0.1, 0.15) is 5.75 Å². The van der Waals surface area contributed by atoms with Crippen molar-refractivity contribution in [1.82, 2.24) is 10.6 Å². The fraction of sp³-hybridized carbons (Fsp3) is 0.611. The molecule has 1 fully saturated rings. The molecule has 148 valence electrons. The molecule has 8 heteroatoms. The van der Waals surface area contributed by atoms with Gasteiger partial charge in [-0.3, -0.25) is 4.99 Å². The maximum atomic E-state index is 12.5. The van der Waals surface area contributed by atoms with E-state index in [-0.39, 0.29) is 35.1 Å². The van der Waals surface area contributed by atoms with Crippen molar-refractivity contribution < 1.29 is 18.3 Å². The predicted molar refractivity (Wildman–Crippen MR) is 109 cm³/mol. The van der Waals surface area contributed by atoms with Crippen LogP contribution >= 0.6 is 24.0 Å². The summed E-state index contributed by atoms with van der Waals surface area (Å²) in [7, 11) is 3.42. The normalized spacial score (nSPS) is 15.8. The molecule has 0 radical (unpaired) electrons. The zero-order valence-corrected chi connectivity index (χ0v) is 17.6. The molecule has 0 spiro atoms. The summed E-state index contributed by atoms with van der Waals surface area (Å²) in [6.07, 6.45) is 4.64. The molecule has 0 aliphatic heterocycles. The first-order valence-electron chi connectivity index (χ1n) is 8.55. The van der Waals surface area contributed by atoms with Crippen LogP contribution in [0, 0.1) is 5.41 Å². The highest BCUT2D eigenvalue weighted by atomic mass is 127. The van der Waals surface area contributed by atoms with Gasteiger partial charge in [-0.05, 0) is 30.7 Å². The van der Waals surface area contributed by atoms with Crippen LogP contribution < -0.4 is 15.4 Å². The first-order valence-corrected chi connectivity index (χ1v) is 8.55. The fourth-order valence-corrected chi connectivity index (χ4v) is 3.04. The number of nitrogens with one attached hydrogen (secondary N) is 2. The van der Waals surface area contributed by atoms with Crippen LogP contribution in [-0.4, -0.2) is 39.9 Å². The smallest absolute Gasteiger partial charge is 0.387 e. The summed E-state index contributed by atoms with van der Waals surface area (Å²) >= 11 is 0. The SMILES string of the molecule is CN=C(NCc1ccccc1OC(F)F)NCC1(CCOC)CCC1.I. The van der Waals surface area contributed by atoms with Gasteiger partial charge in [-0.1, -0.05) is 24.6 Å². The highest BCUT2D eigenvalue weighted by Gasteiger charge is 2.36. The third-order valence-electron chi connectivity index (χ3n) is 4.74. The van der Waals surface area contributed by atoms with Gasteiger partial charge in [0.15, 0.2) is 5.96 Å². The number of alkyl halides is 2. The van der Waals surface area contributed by atoms with Crippen LogP contribution in [0.1, 0.15) is 31.2 Å². The Kier molecular flexibility index (Phi) is 10.1. The standard InChI is InChI=1S/C18H27F2N3O2.HI/c1-21-17(23-13-18(8-5-9-18)10-11-24-2)22-12-14-6-3-4-7-15(14)25-16(19)20;/h3-4,6-7,16H,5,8-13H2,1-2H3,(H2,21,22,23);1H. The van der Waals surface area contributed by atoms with Gasteiger partial charge >= 0.3 is 6.61 Å². The average molecular weight is 483 g/mol. The van der Waals surface area contributed by atoms with Crippen LogP contribution in [0.25, 0.3) is 0 Å². The largest absolute Gasteiger partial charge is 0.434 e. The molecule has 5 nitrogen and oxygen atoms in total. The van der Waals surface area contributed by atoms with Crippen LogP contribution in [0.2, 0.25) is 0 Å². The van der Waals surface area contributed by atoms with Crippen molar-refractivity contribution in [2.45, 2.75) is 38.8 Å². The zero-order valence-electron chi connectivity index (χ0n) is 15.3. The number of methoxy groups -OCH3 is 1. The molecule has 0 atom stereocenters. The number of hydrogen-bond acceptors (Lipinski definition) is 3. The van der Waals surface area contributed by atoms with Crippen LogP contribution in [0.3, 0.4) is 0 Å². The van der Waals surface area contributed by atoms with Gasteiger partial charge in [0.05, 0.1) is 0 Å². The van der Waals surface area contributed by atoms with Crippen molar-refractivity contribution >= 4 is 29.9 Å². The molecule has 1 saturated carbocycles. The van der Waals surface area contributed by atoms with Crippen LogP contribution in [0.4, 0.5) is 8.78 Å². The molecule has 1 aromatic carbocycles. The van der Waals surface area contributed by atoms with Crippen LogP contribution in [0.5, 0.6) is 5.75 Å². The molecule has 1 aliphatic carbocycles. The summed E-state index contributed by atoms with van der Waals surface area (Å²) in [5.74, 6) is 0.826. The lowest BCUT2D eigenvalue weighted by Crippen LogP contribution is -2.46. The Morgan fingerprint density at radius 1 is 1.27 bits per heavy atom. The quantitative estimate of drug-likeness (QED) is 0.319. The van der Waals surface area contributed by atoms with Crippen LogP contribution in [0.15, 0.2) is 29.3 Å². The molecule has 0 bridgehead atoms. The van der Waals surface area contributed by atoms with Crippen molar-refractivity contribution in [2.24, 2.45) is 10.4 Å². The maximum absolute atomic E-state index is 12.5. The van der Waals surface area contributed by atoms with Gasteiger partial charge in [0.25, 0.3) is 0 Å². The van der Waals surface area contributed by atoms with Crippen molar-refractivity contribution in [2.75, 3.05) is 27.3 Å². The summed E-state index contributed by atoms with van der Waals surface area (Å²) in [6, 6.07) is 6.75. The number of ether oxygens (including phenoxy) is 2. The highest BCUT2D eigenvalue weighted by molar-refractivity contribution is 14.0. The van der Waals surface area contributed by atoms with Crippen molar-refractivity contribution in [3.8, 4) is 5.75 Å². The molecule has 0 saturated heterocycles. The average Bonchev–Trinajstić information content (AvgIpc) is 2.57. The van der Waals surface area contributed by atoms with E-state index in [1.807, 2.05) is 0 Å². The maximum Gasteiger partial charge on any atom is 0.387 e. The Hall–Kier alpha value is -1.16. The van der Waals surface area contributed by atoms with E-state index in [1.165, 1.54) is 25.3 Å². The van der Waals surface area contributed by atoms with Gasteiger partial charge in [-0.25, -0.2) is 0 Å². The molecule has 1 aliphatic rings. The zero-order chi connectivity index (χ0) is 18.1. The van der Waals surface area contributed by atoms with E-state index in [9.17, 15) is 8.78 Å². The highest BCUT2D eigenvalue weighted by Crippen LogP contribution is 2.43. The molecule has 2 rings (SSSR count). The molecule has 0 heterocycles. The summed E-state index contributed by atoms with van der Waals surface area (Å²) in [5.41, 5.74) is 0.924. The van der Waals surface area contributed by atoms with Crippen molar-refractivity contribution in [3.05, 3.63) is 29.8 Å². The molecule has 1 aromatic rings. The fourth-order valence-electron chi connectivity index (χ4n) is 3.04. The van der Waals surface area contributed by atoms with Crippen molar-refractivity contribution in [3.63, 3.8) is 0 Å². The number of hydrogen-bond donors (Lipinski definition) is 2. The number of nitrogens with zero attached hydrogens (tertiary/aromatic N) is 1. The van der Waals surface area contributed by atoms with Crippen LogP contribution in [-0.2, 0) is 11.3 Å². The molecule has 26 heavy (non-hydrogen) atoms. The second-order valence-electron chi connectivity index (χ2n) is 6.36. The van der Waals surface area contributed by atoms with Crippen molar-refractivity contribution in [1.29, 1.82) is 0 Å². The van der Waals surface area contributed by atoms with E-state index < -0.39 is 6.61 Å².